The number of rotatable bonds is 2. The Bertz CT molecular complexity index is 411. The molecule has 0 aromatic carbocycles. The number of aromatic nitrogens is 1. The minimum atomic E-state index is -4.85. The largest absolute Gasteiger partial charge is 0.573 e. The molecule has 2 N–H and O–H groups in total. The monoisotopic (exact) mass is 223 g/mol. The molecule has 0 saturated carbocycles. The molecule has 0 fully saturated rings. The molecular formula is C8H8F3NO3. The highest BCUT2D eigenvalue weighted by molar-refractivity contribution is 5.30. The van der Waals surface area contributed by atoms with Crippen molar-refractivity contribution in [2.75, 3.05) is 0 Å². The maximum atomic E-state index is 11.9. The van der Waals surface area contributed by atoms with Crippen molar-refractivity contribution in [2.24, 2.45) is 0 Å². The summed E-state index contributed by atoms with van der Waals surface area (Å²) in [7, 11) is 0. The standard InChI is InChI=1S/C8H8F3NO3/c1-4-2-6(15-8(9,10)11)5(3-13)12-7(4)14/h2,13H,3H2,1H3,(H,12,14). The molecule has 84 valence electrons. The molecule has 1 rings (SSSR count). The van der Waals surface area contributed by atoms with Crippen LogP contribution in [0.3, 0.4) is 0 Å². The SMILES string of the molecule is Cc1cc(OC(F)(F)F)c(CO)[nH]c1=O. The Hall–Kier alpha value is -1.50. The number of pyridine rings is 1. The maximum absolute atomic E-state index is 11.9. The first-order valence-electron chi connectivity index (χ1n) is 3.93. The number of hydrogen-bond acceptors (Lipinski definition) is 3. The summed E-state index contributed by atoms with van der Waals surface area (Å²) in [5, 5.41) is 8.71. The number of aryl methyl sites for hydroxylation is 1. The van der Waals surface area contributed by atoms with E-state index in [1.807, 2.05) is 0 Å². The van der Waals surface area contributed by atoms with Crippen LogP contribution < -0.4 is 10.3 Å². The number of ether oxygens (including phenoxy) is 1. The summed E-state index contributed by atoms with van der Waals surface area (Å²) in [5.41, 5.74) is -0.789. The normalized spacial score (nSPS) is 11.5. The van der Waals surface area contributed by atoms with E-state index >= 15 is 0 Å². The Balaban J connectivity index is 3.16. The van der Waals surface area contributed by atoms with E-state index in [4.69, 9.17) is 5.11 Å². The summed E-state index contributed by atoms with van der Waals surface area (Å²) in [6.07, 6.45) is -4.85. The quantitative estimate of drug-likeness (QED) is 0.788. The van der Waals surface area contributed by atoms with Crippen molar-refractivity contribution in [3.8, 4) is 5.75 Å². The predicted molar refractivity (Wildman–Crippen MR) is 44.4 cm³/mol. The number of aliphatic hydroxyl groups excluding tert-OH is 1. The van der Waals surface area contributed by atoms with Gasteiger partial charge in [0.2, 0.25) is 0 Å². The molecule has 0 aliphatic heterocycles. The number of halogens is 3. The molecule has 4 nitrogen and oxygen atoms in total. The van der Waals surface area contributed by atoms with Crippen molar-refractivity contribution < 1.29 is 23.0 Å². The Morgan fingerprint density at radius 3 is 2.60 bits per heavy atom. The second kappa shape index (κ2) is 3.93. The van der Waals surface area contributed by atoms with E-state index in [0.29, 0.717) is 0 Å². The zero-order chi connectivity index (χ0) is 11.6. The van der Waals surface area contributed by atoms with E-state index in [9.17, 15) is 18.0 Å². The van der Waals surface area contributed by atoms with E-state index in [1.165, 1.54) is 6.92 Å². The molecule has 0 amide bonds. The first-order chi connectivity index (χ1) is 6.83. The van der Waals surface area contributed by atoms with Crippen LogP contribution in [0.5, 0.6) is 5.75 Å². The van der Waals surface area contributed by atoms with Gasteiger partial charge in [0, 0.05) is 5.56 Å². The molecule has 0 aliphatic rings. The predicted octanol–water partition coefficient (Wildman–Crippen LogP) is 1.07. The molecule has 0 aliphatic carbocycles. The maximum Gasteiger partial charge on any atom is 0.573 e. The molecule has 0 atom stereocenters. The van der Waals surface area contributed by atoms with Gasteiger partial charge >= 0.3 is 6.36 Å². The number of H-pyrrole nitrogens is 1. The summed E-state index contributed by atoms with van der Waals surface area (Å²) in [5.74, 6) is -0.595. The summed E-state index contributed by atoms with van der Waals surface area (Å²) in [6, 6.07) is 0.928. The highest BCUT2D eigenvalue weighted by Crippen LogP contribution is 2.24. The lowest BCUT2D eigenvalue weighted by Gasteiger charge is -2.12. The van der Waals surface area contributed by atoms with E-state index < -0.39 is 24.3 Å². The van der Waals surface area contributed by atoms with Gasteiger partial charge < -0.3 is 14.8 Å². The van der Waals surface area contributed by atoms with Crippen LogP contribution in [0.2, 0.25) is 0 Å². The molecule has 0 spiro atoms. The van der Waals surface area contributed by atoms with Gasteiger partial charge in [-0.2, -0.15) is 0 Å². The summed E-state index contributed by atoms with van der Waals surface area (Å²) in [4.78, 5) is 13.1. The van der Waals surface area contributed by atoms with Gasteiger partial charge in [0.05, 0.1) is 12.3 Å². The van der Waals surface area contributed by atoms with Crippen molar-refractivity contribution in [1.82, 2.24) is 4.98 Å². The minimum Gasteiger partial charge on any atom is -0.404 e. The van der Waals surface area contributed by atoms with Gasteiger partial charge in [0.25, 0.3) is 5.56 Å². The molecule has 15 heavy (non-hydrogen) atoms. The van der Waals surface area contributed by atoms with Gasteiger partial charge in [-0.15, -0.1) is 13.2 Å². The number of aliphatic hydroxyl groups is 1. The summed E-state index contributed by atoms with van der Waals surface area (Å²) < 4.78 is 39.3. The van der Waals surface area contributed by atoms with Crippen molar-refractivity contribution in [2.45, 2.75) is 19.9 Å². The van der Waals surface area contributed by atoms with Gasteiger partial charge in [-0.05, 0) is 13.0 Å². The Morgan fingerprint density at radius 2 is 2.13 bits per heavy atom. The third-order valence-corrected chi connectivity index (χ3v) is 1.65. The molecule has 1 aromatic rings. The fraction of sp³-hybridized carbons (Fsp3) is 0.375. The van der Waals surface area contributed by atoms with Crippen molar-refractivity contribution in [3.63, 3.8) is 0 Å². The van der Waals surface area contributed by atoms with Crippen LogP contribution >= 0.6 is 0 Å². The third-order valence-electron chi connectivity index (χ3n) is 1.65. The fourth-order valence-electron chi connectivity index (χ4n) is 0.980. The van der Waals surface area contributed by atoms with Gasteiger partial charge in [-0.1, -0.05) is 0 Å². The molecule has 1 heterocycles. The highest BCUT2D eigenvalue weighted by Gasteiger charge is 2.32. The molecule has 0 radical (unpaired) electrons. The first-order valence-corrected chi connectivity index (χ1v) is 3.93. The zero-order valence-corrected chi connectivity index (χ0v) is 7.68. The lowest BCUT2D eigenvalue weighted by molar-refractivity contribution is -0.275. The highest BCUT2D eigenvalue weighted by atomic mass is 19.4. The second-order valence-corrected chi connectivity index (χ2v) is 2.83. The number of hydrogen-bond donors (Lipinski definition) is 2. The van der Waals surface area contributed by atoms with E-state index in [0.717, 1.165) is 6.07 Å². The van der Waals surface area contributed by atoms with Gasteiger partial charge in [0.1, 0.15) is 0 Å². The van der Waals surface area contributed by atoms with Crippen LogP contribution in [-0.2, 0) is 6.61 Å². The number of alkyl halides is 3. The molecule has 7 heteroatoms. The minimum absolute atomic E-state index is 0.0754. The Morgan fingerprint density at radius 1 is 1.53 bits per heavy atom. The van der Waals surface area contributed by atoms with Crippen molar-refractivity contribution in [1.29, 1.82) is 0 Å². The fourth-order valence-corrected chi connectivity index (χ4v) is 0.980. The smallest absolute Gasteiger partial charge is 0.404 e. The molecule has 0 bridgehead atoms. The average Bonchev–Trinajstić information content (AvgIpc) is 2.08. The number of nitrogens with one attached hydrogen (secondary N) is 1. The second-order valence-electron chi connectivity index (χ2n) is 2.83. The Labute approximate surface area is 82.3 Å². The molecule has 0 saturated heterocycles. The van der Waals surface area contributed by atoms with Gasteiger partial charge in [-0.3, -0.25) is 4.79 Å². The topological polar surface area (TPSA) is 62.3 Å². The molecule has 1 aromatic heterocycles. The van der Waals surface area contributed by atoms with Crippen molar-refractivity contribution in [3.05, 3.63) is 27.7 Å². The average molecular weight is 223 g/mol. The van der Waals surface area contributed by atoms with E-state index in [2.05, 4.69) is 9.72 Å². The van der Waals surface area contributed by atoms with E-state index in [1.54, 1.807) is 0 Å². The van der Waals surface area contributed by atoms with Crippen LogP contribution in [-0.4, -0.2) is 16.5 Å². The van der Waals surface area contributed by atoms with Crippen LogP contribution in [0.4, 0.5) is 13.2 Å². The van der Waals surface area contributed by atoms with Crippen LogP contribution in [0.25, 0.3) is 0 Å². The molecule has 0 unspecified atom stereocenters. The van der Waals surface area contributed by atoms with Gasteiger partial charge in [-0.25, -0.2) is 0 Å². The third kappa shape index (κ3) is 2.98. The van der Waals surface area contributed by atoms with Crippen LogP contribution in [0.1, 0.15) is 11.3 Å². The lowest BCUT2D eigenvalue weighted by atomic mass is 10.2. The summed E-state index contributed by atoms with van der Waals surface area (Å²) >= 11 is 0. The van der Waals surface area contributed by atoms with E-state index in [-0.39, 0.29) is 11.3 Å². The van der Waals surface area contributed by atoms with Crippen molar-refractivity contribution >= 4 is 0 Å². The zero-order valence-electron chi connectivity index (χ0n) is 7.68. The van der Waals surface area contributed by atoms with Crippen LogP contribution in [0.15, 0.2) is 10.9 Å². The first kappa shape index (κ1) is 11.6. The lowest BCUT2D eigenvalue weighted by Crippen LogP contribution is -2.21. The Kier molecular flexibility index (Phi) is 3.04. The number of aromatic amines is 1. The molecular weight excluding hydrogens is 215 g/mol. The van der Waals surface area contributed by atoms with Gasteiger partial charge in [0.15, 0.2) is 5.75 Å². The van der Waals surface area contributed by atoms with Crippen LogP contribution in [0, 0.1) is 6.92 Å². The summed E-state index contributed by atoms with van der Waals surface area (Å²) in [6.45, 7) is 0.601.